The first kappa shape index (κ1) is 23.1. The first-order valence-electron chi connectivity index (χ1n) is 12.1. The van der Waals surface area contributed by atoms with Crippen molar-refractivity contribution in [2.24, 2.45) is 0 Å². The van der Waals surface area contributed by atoms with Crippen molar-refractivity contribution in [1.82, 2.24) is 9.55 Å². The maximum atomic E-state index is 13.0. The lowest BCUT2D eigenvalue weighted by Gasteiger charge is -2.20. The number of hydrogen-bond donors (Lipinski definition) is 1. The van der Waals surface area contributed by atoms with E-state index in [0.717, 1.165) is 45.0 Å². The van der Waals surface area contributed by atoms with Crippen molar-refractivity contribution >= 4 is 22.6 Å². The molecule has 6 nitrogen and oxygen atoms in total. The summed E-state index contributed by atoms with van der Waals surface area (Å²) in [6, 6.07) is 21.9. The minimum absolute atomic E-state index is 0.0544. The van der Waals surface area contributed by atoms with E-state index in [1.165, 1.54) is 0 Å². The van der Waals surface area contributed by atoms with Gasteiger partial charge in [0, 0.05) is 24.6 Å². The number of rotatable bonds is 7. The Balaban J connectivity index is 1.40. The predicted molar refractivity (Wildman–Crippen MR) is 138 cm³/mol. The van der Waals surface area contributed by atoms with Gasteiger partial charge in [0.05, 0.1) is 17.6 Å². The summed E-state index contributed by atoms with van der Waals surface area (Å²) in [4.78, 5) is 19.8. The van der Waals surface area contributed by atoms with Gasteiger partial charge >= 0.3 is 0 Å². The van der Waals surface area contributed by atoms with Crippen LogP contribution in [0.15, 0.2) is 66.7 Å². The number of carbonyl (C=O) groups excluding carboxylic acids is 1. The van der Waals surface area contributed by atoms with Gasteiger partial charge in [-0.15, -0.1) is 0 Å². The molecule has 1 N–H and O–H groups in total. The van der Waals surface area contributed by atoms with Crippen molar-refractivity contribution in [3.8, 4) is 5.75 Å². The van der Waals surface area contributed by atoms with Crippen LogP contribution < -0.4 is 9.64 Å². The Morgan fingerprint density at radius 2 is 1.66 bits per heavy atom. The highest BCUT2D eigenvalue weighted by Gasteiger charge is 2.35. The number of aromatic nitrogens is 2. The number of aliphatic hydroxyl groups excluding tert-OH is 1. The van der Waals surface area contributed by atoms with Crippen LogP contribution in [0.4, 0.5) is 5.69 Å². The third-order valence-electron chi connectivity index (χ3n) is 6.80. The summed E-state index contributed by atoms with van der Waals surface area (Å²) in [6.45, 7) is 7.13. The number of amides is 1. The fraction of sp³-hybridized carbons (Fsp3) is 0.310. The molecule has 0 spiro atoms. The van der Waals surface area contributed by atoms with E-state index in [4.69, 9.17) is 9.72 Å². The van der Waals surface area contributed by atoms with Crippen molar-refractivity contribution in [2.75, 3.05) is 18.1 Å². The number of benzene rings is 3. The first-order chi connectivity index (χ1) is 16.9. The molecular formula is C29H31N3O3. The van der Waals surface area contributed by atoms with Gasteiger partial charge in [-0.1, -0.05) is 48.5 Å². The number of aliphatic hydroxyl groups is 1. The summed E-state index contributed by atoms with van der Waals surface area (Å²) in [7, 11) is 0. The summed E-state index contributed by atoms with van der Waals surface area (Å²) in [5.74, 6) is 1.70. The normalized spacial score (nSPS) is 16.7. The Kier molecular flexibility index (Phi) is 6.31. The van der Waals surface area contributed by atoms with Crippen LogP contribution in [-0.2, 0) is 11.3 Å². The molecule has 1 aromatic heterocycles. The Morgan fingerprint density at radius 1 is 0.971 bits per heavy atom. The highest BCUT2D eigenvalue weighted by Crippen LogP contribution is 2.34. The minimum Gasteiger partial charge on any atom is -0.490 e. The molecule has 2 atom stereocenters. The van der Waals surface area contributed by atoms with E-state index < -0.39 is 6.10 Å². The SMILES string of the molecule is Cc1ccccc1N1C[C@H](c2nc3ccccc3n2C[C@@H](O)COc2c(C)cccc2C)CC1=O. The molecule has 0 saturated carbocycles. The monoisotopic (exact) mass is 469 g/mol. The number of carbonyl (C=O) groups is 1. The zero-order chi connectivity index (χ0) is 24.5. The summed E-state index contributed by atoms with van der Waals surface area (Å²) >= 11 is 0. The van der Waals surface area contributed by atoms with E-state index in [2.05, 4.69) is 4.57 Å². The van der Waals surface area contributed by atoms with Crippen LogP contribution in [0.5, 0.6) is 5.75 Å². The largest absolute Gasteiger partial charge is 0.490 e. The number of imidazole rings is 1. The van der Waals surface area contributed by atoms with Crippen LogP contribution >= 0.6 is 0 Å². The van der Waals surface area contributed by atoms with E-state index in [9.17, 15) is 9.90 Å². The first-order valence-corrected chi connectivity index (χ1v) is 12.1. The molecule has 4 aromatic rings. The number of hydrogen-bond acceptors (Lipinski definition) is 4. The van der Waals surface area contributed by atoms with E-state index in [-0.39, 0.29) is 18.4 Å². The topological polar surface area (TPSA) is 67.6 Å². The molecule has 1 aliphatic rings. The van der Waals surface area contributed by atoms with Crippen molar-refractivity contribution in [2.45, 2.75) is 45.8 Å². The zero-order valence-corrected chi connectivity index (χ0v) is 20.4. The number of ether oxygens (including phenoxy) is 1. The molecule has 2 heterocycles. The molecule has 1 saturated heterocycles. The summed E-state index contributed by atoms with van der Waals surface area (Å²) in [5, 5.41) is 11.0. The second-order valence-electron chi connectivity index (χ2n) is 9.45. The number of fused-ring (bicyclic) bond motifs is 1. The van der Waals surface area contributed by atoms with E-state index >= 15 is 0 Å². The van der Waals surface area contributed by atoms with E-state index in [1.807, 2.05) is 92.4 Å². The van der Waals surface area contributed by atoms with Crippen molar-refractivity contribution < 1.29 is 14.6 Å². The lowest BCUT2D eigenvalue weighted by atomic mass is 10.1. The highest BCUT2D eigenvalue weighted by molar-refractivity contribution is 5.97. The second-order valence-corrected chi connectivity index (χ2v) is 9.45. The fourth-order valence-corrected chi connectivity index (χ4v) is 5.05. The van der Waals surface area contributed by atoms with E-state index in [0.29, 0.717) is 19.5 Å². The van der Waals surface area contributed by atoms with Crippen molar-refractivity contribution in [3.05, 3.63) is 89.2 Å². The quantitative estimate of drug-likeness (QED) is 0.417. The number of aryl methyl sites for hydroxylation is 3. The molecule has 35 heavy (non-hydrogen) atoms. The van der Waals surface area contributed by atoms with Crippen molar-refractivity contribution in [3.63, 3.8) is 0 Å². The maximum Gasteiger partial charge on any atom is 0.227 e. The summed E-state index contributed by atoms with van der Waals surface area (Å²) < 4.78 is 8.08. The van der Waals surface area contributed by atoms with Gasteiger partial charge in [-0.05, 0) is 55.7 Å². The average molecular weight is 470 g/mol. The molecular weight excluding hydrogens is 438 g/mol. The fourth-order valence-electron chi connectivity index (χ4n) is 5.05. The minimum atomic E-state index is -0.727. The third kappa shape index (κ3) is 4.54. The van der Waals surface area contributed by atoms with Gasteiger partial charge < -0.3 is 19.3 Å². The molecule has 6 heteroatoms. The predicted octanol–water partition coefficient (Wildman–Crippen LogP) is 4.92. The van der Waals surface area contributed by atoms with E-state index in [1.54, 1.807) is 0 Å². The Hall–Kier alpha value is -3.64. The van der Waals surface area contributed by atoms with Gasteiger partial charge in [0.2, 0.25) is 5.91 Å². The zero-order valence-electron chi connectivity index (χ0n) is 20.4. The second kappa shape index (κ2) is 9.55. The van der Waals surface area contributed by atoms with Gasteiger partial charge in [0.15, 0.2) is 0 Å². The highest BCUT2D eigenvalue weighted by atomic mass is 16.5. The molecule has 0 radical (unpaired) electrons. The molecule has 0 aliphatic carbocycles. The smallest absolute Gasteiger partial charge is 0.227 e. The molecule has 1 fully saturated rings. The number of nitrogens with zero attached hydrogens (tertiary/aromatic N) is 3. The van der Waals surface area contributed by atoms with Gasteiger partial charge in [-0.25, -0.2) is 4.98 Å². The van der Waals surface area contributed by atoms with Gasteiger partial charge in [0.1, 0.15) is 24.3 Å². The Morgan fingerprint density at radius 3 is 2.43 bits per heavy atom. The number of para-hydroxylation sites is 4. The maximum absolute atomic E-state index is 13.0. The molecule has 0 unspecified atom stereocenters. The molecule has 180 valence electrons. The number of anilines is 1. The molecule has 1 aliphatic heterocycles. The molecule has 0 bridgehead atoms. The van der Waals surface area contributed by atoms with Crippen LogP contribution in [0.25, 0.3) is 11.0 Å². The van der Waals surface area contributed by atoms with Crippen LogP contribution in [0.1, 0.15) is 34.9 Å². The molecule has 3 aromatic carbocycles. The summed E-state index contributed by atoms with van der Waals surface area (Å²) in [5.41, 5.74) is 5.94. The summed E-state index contributed by atoms with van der Waals surface area (Å²) in [6.07, 6.45) is -0.331. The lowest BCUT2D eigenvalue weighted by Crippen LogP contribution is -2.27. The van der Waals surface area contributed by atoms with Crippen LogP contribution in [-0.4, -0.2) is 39.8 Å². The lowest BCUT2D eigenvalue weighted by molar-refractivity contribution is -0.117. The van der Waals surface area contributed by atoms with Gasteiger partial charge in [0.25, 0.3) is 0 Å². The Bertz CT molecular complexity index is 1360. The van der Waals surface area contributed by atoms with Gasteiger partial charge in [-0.2, -0.15) is 0 Å². The average Bonchev–Trinajstić information content (AvgIpc) is 3.39. The molecule has 5 rings (SSSR count). The van der Waals surface area contributed by atoms with Crippen molar-refractivity contribution in [1.29, 1.82) is 0 Å². The Labute approximate surface area is 205 Å². The third-order valence-corrected chi connectivity index (χ3v) is 6.80. The van der Waals surface area contributed by atoms with Crippen LogP contribution in [0.2, 0.25) is 0 Å². The van der Waals surface area contributed by atoms with Crippen LogP contribution in [0.3, 0.4) is 0 Å². The standard InChI is InChI=1S/C29H31N3O3/c1-19-9-4-6-13-25(19)31-16-22(15-27(31)34)29-30-24-12-5-7-14-26(24)32(29)17-23(33)18-35-28-20(2)10-8-11-21(28)3/h4-14,22-23,33H,15-18H2,1-3H3/t22-,23-/m1/s1. The van der Waals surface area contributed by atoms with Gasteiger partial charge in [-0.3, -0.25) is 4.79 Å². The van der Waals surface area contributed by atoms with Crippen LogP contribution in [0, 0.1) is 20.8 Å². The molecule has 1 amide bonds.